The second-order valence-corrected chi connectivity index (χ2v) is 7.63. The number of thiazole rings is 1. The van der Waals surface area contributed by atoms with Gasteiger partial charge in [-0.05, 0) is 25.2 Å². The number of aromatic nitrogens is 1. The smallest absolute Gasteiger partial charge is 0.374 e. The molecule has 0 radical (unpaired) electrons. The van der Waals surface area contributed by atoms with Crippen molar-refractivity contribution >= 4 is 17.2 Å². The van der Waals surface area contributed by atoms with Gasteiger partial charge in [0.2, 0.25) is 11.5 Å². The fourth-order valence-corrected chi connectivity index (χ4v) is 4.03. The van der Waals surface area contributed by atoms with Crippen LogP contribution in [0, 0.1) is 18.8 Å². The summed E-state index contributed by atoms with van der Waals surface area (Å²) < 4.78 is 40.2. The molecule has 4 atom stereocenters. The molecule has 2 rings (SSSR count). The van der Waals surface area contributed by atoms with Crippen LogP contribution in [0.2, 0.25) is 0 Å². The zero-order valence-electron chi connectivity index (χ0n) is 14.0. The molecular formula is C16H23F3N2O2S. The Hall–Kier alpha value is -1.15. The summed E-state index contributed by atoms with van der Waals surface area (Å²) in [5.74, 6) is -0.190. The number of nitrogens with zero attached hydrogens (tertiary/aromatic N) is 1. The first kappa shape index (κ1) is 19.2. The summed E-state index contributed by atoms with van der Waals surface area (Å²) in [4.78, 5) is 16.0. The summed E-state index contributed by atoms with van der Waals surface area (Å²) in [6, 6.07) is -0.156. The van der Waals surface area contributed by atoms with Crippen LogP contribution in [0.25, 0.3) is 0 Å². The first-order valence-electron chi connectivity index (χ1n) is 8.05. The van der Waals surface area contributed by atoms with E-state index in [9.17, 15) is 23.1 Å². The molecule has 1 saturated carbocycles. The largest absolute Gasteiger partial charge is 0.424 e. The minimum atomic E-state index is -4.97. The quantitative estimate of drug-likeness (QED) is 0.859. The number of carbonyl (C=O) groups is 1. The van der Waals surface area contributed by atoms with Crippen molar-refractivity contribution in [3.63, 3.8) is 0 Å². The number of carbonyl (C=O) groups excluding carboxylic acids is 1. The van der Waals surface area contributed by atoms with E-state index in [0.29, 0.717) is 22.9 Å². The van der Waals surface area contributed by atoms with Crippen LogP contribution < -0.4 is 5.32 Å². The van der Waals surface area contributed by atoms with E-state index in [-0.39, 0.29) is 12.0 Å². The highest BCUT2D eigenvalue weighted by Gasteiger charge is 2.58. The molecule has 0 aliphatic heterocycles. The summed E-state index contributed by atoms with van der Waals surface area (Å²) >= 11 is 0.711. The third-order valence-electron chi connectivity index (χ3n) is 4.91. The number of nitrogens with one attached hydrogen (secondary N) is 1. The van der Waals surface area contributed by atoms with E-state index >= 15 is 0 Å². The number of rotatable bonds is 4. The molecule has 1 aliphatic carbocycles. The van der Waals surface area contributed by atoms with Crippen LogP contribution >= 0.6 is 11.3 Å². The Labute approximate surface area is 143 Å². The second-order valence-electron chi connectivity index (χ2n) is 6.77. The van der Waals surface area contributed by atoms with E-state index in [2.05, 4.69) is 17.2 Å². The molecule has 1 amide bonds. The molecule has 2 N–H and O–H groups in total. The fourth-order valence-electron chi connectivity index (χ4n) is 3.12. The van der Waals surface area contributed by atoms with Gasteiger partial charge in [-0.2, -0.15) is 13.2 Å². The molecule has 0 saturated heterocycles. The topological polar surface area (TPSA) is 62.2 Å². The minimum Gasteiger partial charge on any atom is -0.374 e. The third-order valence-corrected chi connectivity index (χ3v) is 6.02. The first-order chi connectivity index (χ1) is 11.0. The molecule has 1 fully saturated rings. The van der Waals surface area contributed by atoms with Gasteiger partial charge < -0.3 is 10.4 Å². The van der Waals surface area contributed by atoms with Gasteiger partial charge in [0.15, 0.2) is 0 Å². The Morgan fingerprint density at radius 1 is 1.42 bits per heavy atom. The maximum Gasteiger partial charge on any atom is 0.424 e. The van der Waals surface area contributed by atoms with Crippen molar-refractivity contribution < 1.29 is 23.1 Å². The molecule has 1 aromatic heterocycles. The number of halogens is 3. The van der Waals surface area contributed by atoms with Crippen molar-refractivity contribution in [2.24, 2.45) is 11.8 Å². The molecule has 8 heteroatoms. The summed E-state index contributed by atoms with van der Waals surface area (Å²) in [6.45, 7) is 5.62. The Kier molecular flexibility index (Phi) is 5.59. The van der Waals surface area contributed by atoms with Crippen LogP contribution in [0.1, 0.15) is 50.2 Å². The summed E-state index contributed by atoms with van der Waals surface area (Å²) in [6.07, 6.45) is -3.30. The van der Waals surface area contributed by atoms with Crippen molar-refractivity contribution in [1.82, 2.24) is 10.3 Å². The predicted molar refractivity (Wildman–Crippen MR) is 85.5 cm³/mol. The number of aryl methyl sites for hydroxylation is 1. The molecule has 1 aliphatic rings. The van der Waals surface area contributed by atoms with Gasteiger partial charge in [-0.25, -0.2) is 4.98 Å². The molecule has 1 aromatic rings. The van der Waals surface area contributed by atoms with Crippen LogP contribution in [-0.4, -0.2) is 28.2 Å². The monoisotopic (exact) mass is 364 g/mol. The zero-order chi connectivity index (χ0) is 18.1. The highest BCUT2D eigenvalue weighted by Crippen LogP contribution is 2.43. The van der Waals surface area contributed by atoms with Crippen LogP contribution in [0.4, 0.5) is 13.2 Å². The molecule has 4 nitrogen and oxygen atoms in total. The van der Waals surface area contributed by atoms with Gasteiger partial charge in [0.05, 0.1) is 6.42 Å². The fraction of sp³-hybridized carbons (Fsp3) is 0.750. The Bertz CT molecular complexity index is 590. The average molecular weight is 364 g/mol. The SMILES string of the molecule is Cc1csc([C@](O)(CC(=O)N[C@@H]2CCC[C@@H](C)[C@H]2C)C(F)(F)F)n1. The van der Waals surface area contributed by atoms with Gasteiger partial charge in [-0.1, -0.05) is 26.7 Å². The maximum absolute atomic E-state index is 13.4. The van der Waals surface area contributed by atoms with Crippen molar-refractivity contribution in [3.8, 4) is 0 Å². The van der Waals surface area contributed by atoms with Crippen LogP contribution in [0.3, 0.4) is 0 Å². The van der Waals surface area contributed by atoms with Gasteiger partial charge in [0, 0.05) is 17.1 Å². The van der Waals surface area contributed by atoms with E-state index in [0.717, 1.165) is 19.3 Å². The normalized spacial score (nSPS) is 27.5. The van der Waals surface area contributed by atoms with E-state index < -0.39 is 29.1 Å². The average Bonchev–Trinajstić information content (AvgIpc) is 2.89. The van der Waals surface area contributed by atoms with Crippen LogP contribution in [0.5, 0.6) is 0 Å². The summed E-state index contributed by atoms with van der Waals surface area (Å²) in [5.41, 5.74) is -2.87. The highest BCUT2D eigenvalue weighted by atomic mass is 32.1. The van der Waals surface area contributed by atoms with Crippen LogP contribution in [0.15, 0.2) is 5.38 Å². The predicted octanol–water partition coefficient (Wildman–Crippen LogP) is 3.53. The van der Waals surface area contributed by atoms with E-state index in [1.165, 1.54) is 5.38 Å². The van der Waals surface area contributed by atoms with Gasteiger partial charge in [0.1, 0.15) is 5.01 Å². The molecule has 24 heavy (non-hydrogen) atoms. The van der Waals surface area contributed by atoms with Gasteiger partial charge in [-0.3, -0.25) is 4.79 Å². The molecular weight excluding hydrogens is 341 g/mol. The Balaban J connectivity index is 2.14. The van der Waals surface area contributed by atoms with E-state index in [1.54, 1.807) is 6.92 Å². The van der Waals surface area contributed by atoms with Crippen molar-refractivity contribution in [2.45, 2.75) is 64.3 Å². The van der Waals surface area contributed by atoms with Crippen molar-refractivity contribution in [3.05, 3.63) is 16.1 Å². The van der Waals surface area contributed by atoms with Crippen LogP contribution in [-0.2, 0) is 10.4 Å². The maximum atomic E-state index is 13.4. The number of hydrogen-bond acceptors (Lipinski definition) is 4. The van der Waals surface area contributed by atoms with Gasteiger partial charge >= 0.3 is 6.18 Å². The lowest BCUT2D eigenvalue weighted by atomic mass is 9.78. The molecule has 0 unspecified atom stereocenters. The number of aliphatic hydroxyl groups is 1. The lowest BCUT2D eigenvalue weighted by Crippen LogP contribution is -2.49. The Morgan fingerprint density at radius 2 is 2.08 bits per heavy atom. The molecule has 0 aromatic carbocycles. The molecule has 0 bridgehead atoms. The standard InChI is InChI=1S/C16H23F3N2O2S/c1-9-5-4-6-12(11(9)3)21-13(22)7-15(23,16(17,18)19)14-20-10(2)8-24-14/h8-9,11-12,23H,4-7H2,1-3H3,(H,21,22)/t9-,11-,12-,15-/m1/s1. The lowest BCUT2D eigenvalue weighted by molar-refractivity contribution is -0.267. The lowest BCUT2D eigenvalue weighted by Gasteiger charge is -2.35. The number of hydrogen-bond donors (Lipinski definition) is 2. The molecule has 0 spiro atoms. The first-order valence-corrected chi connectivity index (χ1v) is 8.93. The van der Waals surface area contributed by atoms with E-state index in [4.69, 9.17) is 0 Å². The minimum absolute atomic E-state index is 0.156. The molecule has 1 heterocycles. The third kappa shape index (κ3) is 3.91. The van der Waals surface area contributed by atoms with Gasteiger partial charge in [-0.15, -0.1) is 11.3 Å². The second kappa shape index (κ2) is 7.00. The summed E-state index contributed by atoms with van der Waals surface area (Å²) in [5, 5.41) is 13.8. The highest BCUT2D eigenvalue weighted by molar-refractivity contribution is 7.09. The summed E-state index contributed by atoms with van der Waals surface area (Å²) in [7, 11) is 0. The van der Waals surface area contributed by atoms with Crippen molar-refractivity contribution in [1.29, 1.82) is 0 Å². The number of amides is 1. The van der Waals surface area contributed by atoms with Gasteiger partial charge in [0.25, 0.3) is 0 Å². The number of alkyl halides is 3. The van der Waals surface area contributed by atoms with E-state index in [1.807, 2.05) is 6.92 Å². The zero-order valence-corrected chi connectivity index (χ0v) is 14.8. The Morgan fingerprint density at radius 3 is 2.62 bits per heavy atom. The molecule has 136 valence electrons. The van der Waals surface area contributed by atoms with Crippen molar-refractivity contribution in [2.75, 3.05) is 0 Å².